The highest BCUT2D eigenvalue weighted by atomic mass is 16.5. The molecule has 0 amide bonds. The standard InChI is InChI=1S/C81H56B2N2O2/c1-79(2,3)49-37-69-75-73(39-49)86-71-43-61-55(41-65(71)82(75)63-29-17-25-53-57-35-47(45-19-9-7-10-20-45)31-33-67(57)84(69)77(53)63)51-23-13-15-27-59(51)81(61)60-28-16-14-24-52(60)56-42-66-72(44-62(56)81)87-74-40-50(80(4,5)6)38-70-76(74)83(66)64-30-18-26-54-58-36-48(46-21-11-8-12-22-46)32-34-68(58)85(70)78(54)64/h7-44H,1-6H3. The lowest BCUT2D eigenvalue weighted by molar-refractivity contribution is 0.480. The molecule has 87 heavy (non-hydrogen) atoms. The van der Waals surface area contributed by atoms with E-state index in [1.807, 2.05) is 0 Å². The van der Waals surface area contributed by atoms with Crippen molar-refractivity contribution >= 4 is 89.8 Å². The van der Waals surface area contributed by atoms with E-state index in [2.05, 4.69) is 281 Å². The first-order valence-electron chi connectivity index (χ1n) is 30.9. The van der Waals surface area contributed by atoms with Crippen molar-refractivity contribution in [3.63, 3.8) is 0 Å². The fourth-order valence-electron chi connectivity index (χ4n) is 17.0. The second-order valence-electron chi connectivity index (χ2n) is 27.5. The minimum atomic E-state index is -0.670. The number of benzene rings is 12. The average molecular weight is 1110 g/mol. The molecular weight excluding hydrogens is 1050 g/mol. The van der Waals surface area contributed by atoms with E-state index in [9.17, 15) is 0 Å². The number of ether oxygens (including phenoxy) is 2. The lowest BCUT2D eigenvalue weighted by atomic mass is 9.34. The van der Waals surface area contributed by atoms with Gasteiger partial charge >= 0.3 is 0 Å². The van der Waals surface area contributed by atoms with Gasteiger partial charge in [-0.3, -0.25) is 0 Å². The Morgan fingerprint density at radius 3 is 1.18 bits per heavy atom. The van der Waals surface area contributed by atoms with E-state index >= 15 is 0 Å². The molecule has 0 radical (unpaired) electrons. The molecule has 4 nitrogen and oxygen atoms in total. The van der Waals surface area contributed by atoms with Crippen LogP contribution in [0.25, 0.3) is 99.5 Å². The van der Waals surface area contributed by atoms with Crippen LogP contribution in [-0.4, -0.2) is 22.6 Å². The van der Waals surface area contributed by atoms with E-state index < -0.39 is 5.41 Å². The molecule has 0 fully saturated rings. The number of fused-ring (bicyclic) bond motifs is 24. The highest BCUT2D eigenvalue weighted by Crippen LogP contribution is 2.64. The molecule has 0 unspecified atom stereocenters. The van der Waals surface area contributed by atoms with Gasteiger partial charge in [0, 0.05) is 44.0 Å². The highest BCUT2D eigenvalue weighted by molar-refractivity contribution is 7.00. The number of hydrogen-bond donors (Lipinski definition) is 0. The minimum absolute atomic E-state index is 0.0630. The fourth-order valence-corrected chi connectivity index (χ4v) is 17.0. The zero-order valence-corrected chi connectivity index (χ0v) is 49.3. The Bertz CT molecular complexity index is 5160. The van der Waals surface area contributed by atoms with E-state index in [4.69, 9.17) is 9.47 Å². The fraction of sp³-hybridized carbons (Fsp3) is 0.111. The van der Waals surface area contributed by atoms with Crippen LogP contribution in [0.2, 0.25) is 0 Å². The summed E-state index contributed by atoms with van der Waals surface area (Å²) in [5.41, 5.74) is 31.4. The van der Waals surface area contributed by atoms with E-state index in [0.717, 1.165) is 23.0 Å². The molecule has 14 aromatic rings. The summed E-state index contributed by atoms with van der Waals surface area (Å²) in [6.07, 6.45) is 0. The van der Waals surface area contributed by atoms with Crippen LogP contribution in [0, 0.1) is 0 Å². The summed E-state index contributed by atoms with van der Waals surface area (Å²) in [6.45, 7) is 13.8. The van der Waals surface area contributed by atoms with Crippen molar-refractivity contribution in [2.45, 2.75) is 57.8 Å². The van der Waals surface area contributed by atoms with Crippen LogP contribution in [0.4, 0.5) is 0 Å². The summed E-state index contributed by atoms with van der Waals surface area (Å²) in [7, 11) is 0. The Morgan fingerprint density at radius 2 is 0.747 bits per heavy atom. The van der Waals surface area contributed by atoms with Gasteiger partial charge in [-0.15, -0.1) is 0 Å². The van der Waals surface area contributed by atoms with Crippen molar-refractivity contribution in [3.8, 4) is 78.9 Å². The van der Waals surface area contributed by atoms with Crippen molar-refractivity contribution in [1.82, 2.24) is 9.13 Å². The van der Waals surface area contributed by atoms with Crippen molar-refractivity contribution < 1.29 is 9.47 Å². The zero-order chi connectivity index (χ0) is 57.7. The number of para-hydroxylation sites is 2. The topological polar surface area (TPSA) is 28.3 Å². The first-order chi connectivity index (χ1) is 42.4. The highest BCUT2D eigenvalue weighted by Gasteiger charge is 2.55. The largest absolute Gasteiger partial charge is 0.458 e. The molecule has 20 rings (SSSR count). The predicted molar refractivity (Wildman–Crippen MR) is 362 cm³/mol. The van der Waals surface area contributed by atoms with Crippen LogP contribution >= 0.6 is 0 Å². The molecule has 408 valence electrons. The summed E-state index contributed by atoms with van der Waals surface area (Å²) in [5, 5.41) is 5.07. The monoisotopic (exact) mass is 1110 g/mol. The van der Waals surface area contributed by atoms with Crippen molar-refractivity contribution in [1.29, 1.82) is 0 Å². The quantitative estimate of drug-likeness (QED) is 0.161. The zero-order valence-electron chi connectivity index (χ0n) is 49.3. The summed E-state index contributed by atoms with van der Waals surface area (Å²) >= 11 is 0. The summed E-state index contributed by atoms with van der Waals surface area (Å²) in [4.78, 5) is 0. The van der Waals surface area contributed by atoms with Gasteiger partial charge < -0.3 is 18.6 Å². The molecule has 0 saturated carbocycles. The Morgan fingerprint density at radius 1 is 0.322 bits per heavy atom. The first kappa shape index (κ1) is 48.2. The van der Waals surface area contributed by atoms with Gasteiger partial charge in [0.2, 0.25) is 0 Å². The third-order valence-corrected chi connectivity index (χ3v) is 20.9. The van der Waals surface area contributed by atoms with E-state index in [0.29, 0.717) is 0 Å². The molecule has 0 bridgehead atoms. The van der Waals surface area contributed by atoms with Gasteiger partial charge in [0.05, 0.1) is 16.4 Å². The van der Waals surface area contributed by atoms with Gasteiger partial charge in [-0.2, -0.15) is 0 Å². The van der Waals surface area contributed by atoms with E-state index in [1.165, 1.54) is 166 Å². The third-order valence-electron chi connectivity index (χ3n) is 20.9. The predicted octanol–water partition coefficient (Wildman–Crippen LogP) is 16.0. The molecular formula is C81H56B2N2O2. The molecule has 6 aliphatic rings. The summed E-state index contributed by atoms with van der Waals surface area (Å²) in [5.74, 6) is 3.71. The maximum atomic E-state index is 7.62. The lowest BCUT2D eigenvalue weighted by Crippen LogP contribution is -2.58. The summed E-state index contributed by atoms with van der Waals surface area (Å²) in [6, 6.07) is 87.8. The molecule has 4 aliphatic heterocycles. The SMILES string of the molecule is CC(C)(C)c1cc2c3c(c1)-n1c4ccc(-c5ccccc5)cc4c4cccc(c41)B3c1cc3c(cc1O2)C1(c2ccccc2-3)c2ccccc2-c2cc3c(cc21)Oc1cc(C(C)(C)C)cc2c1B3c1cccc3c4cc(-c5ccccc5)ccc4n-2c13. The minimum Gasteiger partial charge on any atom is -0.458 e. The van der Waals surface area contributed by atoms with Gasteiger partial charge in [0.25, 0.3) is 13.4 Å². The number of hydrogen-bond acceptors (Lipinski definition) is 2. The lowest BCUT2D eigenvalue weighted by Gasteiger charge is -2.37. The molecule has 12 aromatic carbocycles. The van der Waals surface area contributed by atoms with E-state index in [1.54, 1.807) is 0 Å². The molecule has 1 spiro atoms. The summed E-state index contributed by atoms with van der Waals surface area (Å²) < 4.78 is 20.3. The first-order valence-corrected chi connectivity index (χ1v) is 30.9. The molecule has 6 heterocycles. The van der Waals surface area contributed by atoms with Gasteiger partial charge in [-0.05, 0) is 182 Å². The Balaban J connectivity index is 0.820. The van der Waals surface area contributed by atoms with Crippen LogP contribution in [-0.2, 0) is 16.2 Å². The van der Waals surface area contributed by atoms with Crippen LogP contribution in [0.5, 0.6) is 23.0 Å². The number of nitrogens with zero attached hydrogens (tertiary/aromatic N) is 2. The molecule has 2 aromatic heterocycles. The molecule has 0 N–H and O–H groups in total. The Kier molecular flexibility index (Phi) is 9.02. The normalized spacial score (nSPS) is 14.6. The second-order valence-corrected chi connectivity index (χ2v) is 27.5. The number of aromatic nitrogens is 2. The van der Waals surface area contributed by atoms with Crippen molar-refractivity contribution in [3.05, 3.63) is 264 Å². The van der Waals surface area contributed by atoms with E-state index in [-0.39, 0.29) is 24.3 Å². The maximum Gasteiger partial charge on any atom is 0.256 e. The molecule has 6 heteroatoms. The van der Waals surface area contributed by atoms with Gasteiger partial charge in [-0.1, -0.05) is 211 Å². The third kappa shape index (κ3) is 6.06. The van der Waals surface area contributed by atoms with Crippen molar-refractivity contribution in [2.75, 3.05) is 0 Å². The van der Waals surface area contributed by atoms with Crippen LogP contribution in [0.15, 0.2) is 231 Å². The smallest absolute Gasteiger partial charge is 0.256 e. The Hall–Kier alpha value is -10.0. The Labute approximate surface area is 506 Å². The molecule has 0 saturated heterocycles. The second kappa shape index (κ2) is 16.3. The van der Waals surface area contributed by atoms with Crippen LogP contribution in [0.3, 0.4) is 0 Å². The molecule has 0 atom stereocenters. The van der Waals surface area contributed by atoms with Gasteiger partial charge in [0.1, 0.15) is 23.0 Å². The van der Waals surface area contributed by atoms with Gasteiger partial charge in [0.15, 0.2) is 0 Å². The van der Waals surface area contributed by atoms with Crippen LogP contribution < -0.4 is 42.3 Å². The average Bonchev–Trinajstić information content (AvgIpc) is 1.59. The number of rotatable bonds is 2. The maximum absolute atomic E-state index is 7.62. The van der Waals surface area contributed by atoms with Crippen LogP contribution in [0.1, 0.15) is 74.9 Å². The molecule has 2 aliphatic carbocycles. The van der Waals surface area contributed by atoms with Gasteiger partial charge in [-0.25, -0.2) is 0 Å². The van der Waals surface area contributed by atoms with Crippen molar-refractivity contribution in [2.24, 2.45) is 0 Å².